The molecule has 1 aromatic carbocycles. The van der Waals surface area contributed by atoms with E-state index in [2.05, 4.69) is 50.3 Å². The van der Waals surface area contributed by atoms with E-state index in [1.807, 2.05) is 24.3 Å². The van der Waals surface area contributed by atoms with Gasteiger partial charge in [0.25, 0.3) is 0 Å². The number of hydrogen-bond acceptors (Lipinski definition) is 8. The fourth-order valence-electron chi connectivity index (χ4n) is 2.68. The first-order chi connectivity index (χ1) is 13.9. The fraction of sp³-hybridized carbons (Fsp3) is 0. The summed E-state index contributed by atoms with van der Waals surface area (Å²) in [6, 6.07) is 7.70. The molecule has 0 unspecified atom stereocenters. The van der Waals surface area contributed by atoms with Gasteiger partial charge in [-0.25, -0.2) is 29.9 Å². The van der Waals surface area contributed by atoms with Gasteiger partial charge in [0.05, 0.1) is 11.1 Å². The van der Waals surface area contributed by atoms with Crippen molar-refractivity contribution in [3.8, 4) is 45.6 Å². The molecule has 4 aromatic heterocycles. The topological polar surface area (TPSA) is 135 Å². The second-order valence-electron chi connectivity index (χ2n) is 5.85. The molecule has 0 saturated carbocycles. The number of aromatic nitrogens is 10. The minimum Gasteiger partial charge on any atom is -0.259 e. The third kappa shape index (κ3) is 2.98. The summed E-state index contributed by atoms with van der Waals surface area (Å²) in [6.45, 7) is 0. The molecule has 0 radical (unpaired) electrons. The molecule has 5 rings (SSSR count). The second kappa shape index (κ2) is 6.76. The molecule has 0 atom stereocenters. The summed E-state index contributed by atoms with van der Waals surface area (Å²) in [5.74, 6) is 2.33. The first-order valence-corrected chi connectivity index (χ1v) is 8.33. The minimum atomic E-state index is 0.563. The zero-order valence-corrected chi connectivity index (χ0v) is 14.4. The van der Waals surface area contributed by atoms with E-state index >= 15 is 0 Å². The molecule has 4 heterocycles. The van der Waals surface area contributed by atoms with Crippen molar-refractivity contribution in [2.24, 2.45) is 0 Å². The van der Waals surface area contributed by atoms with Gasteiger partial charge in [0, 0.05) is 35.9 Å². The standard InChI is InChI=1S/C18H12N10/c1-2-11(15-23-17(27-25-15)13-5-19-9-20-6-13)4-12(3-1)16-24-18(28-26-16)14-7-21-10-22-8-14/h1-10H,(H,23,25,27)(H,24,26,28). The van der Waals surface area contributed by atoms with Crippen molar-refractivity contribution in [3.63, 3.8) is 0 Å². The average molecular weight is 368 g/mol. The van der Waals surface area contributed by atoms with Crippen LogP contribution in [0, 0.1) is 0 Å². The summed E-state index contributed by atoms with van der Waals surface area (Å²) in [7, 11) is 0. The number of rotatable bonds is 4. The molecule has 0 bridgehead atoms. The van der Waals surface area contributed by atoms with Gasteiger partial charge in [0.1, 0.15) is 12.7 Å². The lowest BCUT2D eigenvalue weighted by Gasteiger charge is -1.99. The van der Waals surface area contributed by atoms with Gasteiger partial charge in [-0.15, -0.1) is 0 Å². The third-order valence-electron chi connectivity index (χ3n) is 4.02. The molecule has 10 heteroatoms. The quantitative estimate of drug-likeness (QED) is 0.493. The monoisotopic (exact) mass is 368 g/mol. The largest absolute Gasteiger partial charge is 0.259 e. The molecule has 10 nitrogen and oxygen atoms in total. The number of nitrogens with zero attached hydrogens (tertiary/aromatic N) is 8. The summed E-state index contributed by atoms with van der Waals surface area (Å²) in [5, 5.41) is 14.4. The van der Waals surface area contributed by atoms with Gasteiger partial charge in [-0.2, -0.15) is 10.2 Å². The van der Waals surface area contributed by atoms with Crippen LogP contribution in [0.2, 0.25) is 0 Å². The SMILES string of the molecule is c1cc(-c2n[nH]c(-c3cncnc3)n2)cc(-c2n[nH]c(-c3cncnc3)n2)c1. The maximum atomic E-state index is 4.53. The average Bonchev–Trinajstić information content (AvgIpc) is 3.46. The Morgan fingerprint density at radius 3 is 1.50 bits per heavy atom. The van der Waals surface area contributed by atoms with Crippen LogP contribution in [0.3, 0.4) is 0 Å². The highest BCUT2D eigenvalue weighted by Crippen LogP contribution is 2.25. The van der Waals surface area contributed by atoms with E-state index < -0.39 is 0 Å². The number of aromatic amines is 2. The van der Waals surface area contributed by atoms with E-state index in [9.17, 15) is 0 Å². The van der Waals surface area contributed by atoms with Crippen molar-refractivity contribution >= 4 is 0 Å². The van der Waals surface area contributed by atoms with Crippen molar-refractivity contribution in [1.82, 2.24) is 50.3 Å². The molecule has 0 aliphatic heterocycles. The van der Waals surface area contributed by atoms with E-state index in [-0.39, 0.29) is 0 Å². The van der Waals surface area contributed by atoms with Crippen molar-refractivity contribution < 1.29 is 0 Å². The van der Waals surface area contributed by atoms with Crippen LogP contribution in [-0.4, -0.2) is 50.3 Å². The third-order valence-corrected chi connectivity index (χ3v) is 4.02. The maximum absolute atomic E-state index is 4.53. The van der Waals surface area contributed by atoms with E-state index in [1.54, 1.807) is 24.8 Å². The predicted molar refractivity (Wildman–Crippen MR) is 99.2 cm³/mol. The number of benzene rings is 1. The number of H-pyrrole nitrogens is 2. The van der Waals surface area contributed by atoms with E-state index in [0.717, 1.165) is 22.3 Å². The Bertz CT molecular complexity index is 1120. The van der Waals surface area contributed by atoms with Crippen molar-refractivity contribution in [2.45, 2.75) is 0 Å². The van der Waals surface area contributed by atoms with Gasteiger partial charge in [0.15, 0.2) is 23.3 Å². The van der Waals surface area contributed by atoms with E-state index in [1.165, 1.54) is 12.7 Å². The van der Waals surface area contributed by atoms with Gasteiger partial charge < -0.3 is 0 Å². The Morgan fingerprint density at radius 1 is 0.571 bits per heavy atom. The van der Waals surface area contributed by atoms with Crippen LogP contribution in [0.1, 0.15) is 0 Å². The van der Waals surface area contributed by atoms with Crippen LogP contribution in [0.4, 0.5) is 0 Å². The summed E-state index contributed by atoms with van der Waals surface area (Å²) in [5.41, 5.74) is 3.21. The number of nitrogens with one attached hydrogen (secondary N) is 2. The van der Waals surface area contributed by atoms with Crippen LogP contribution >= 0.6 is 0 Å². The zero-order valence-electron chi connectivity index (χ0n) is 14.4. The summed E-state index contributed by atoms with van der Waals surface area (Å²) < 4.78 is 0. The first kappa shape index (κ1) is 15.9. The highest BCUT2D eigenvalue weighted by Gasteiger charge is 2.12. The lowest BCUT2D eigenvalue weighted by molar-refractivity contribution is 1.08. The Morgan fingerprint density at radius 2 is 1.04 bits per heavy atom. The Labute approximate surface area is 158 Å². The normalized spacial score (nSPS) is 10.9. The Hall–Kier alpha value is -4.34. The lowest BCUT2D eigenvalue weighted by Crippen LogP contribution is -1.86. The molecule has 0 fully saturated rings. The lowest BCUT2D eigenvalue weighted by atomic mass is 10.1. The molecule has 134 valence electrons. The second-order valence-corrected chi connectivity index (χ2v) is 5.85. The van der Waals surface area contributed by atoms with Crippen LogP contribution in [0.15, 0.2) is 61.7 Å². The van der Waals surface area contributed by atoms with Gasteiger partial charge in [-0.1, -0.05) is 18.2 Å². The maximum Gasteiger partial charge on any atom is 0.181 e. The van der Waals surface area contributed by atoms with Crippen LogP contribution in [0.5, 0.6) is 0 Å². The fourth-order valence-corrected chi connectivity index (χ4v) is 2.68. The molecule has 0 amide bonds. The minimum absolute atomic E-state index is 0.563. The van der Waals surface area contributed by atoms with Crippen molar-refractivity contribution in [2.75, 3.05) is 0 Å². The Kier molecular flexibility index (Phi) is 3.83. The molecule has 28 heavy (non-hydrogen) atoms. The van der Waals surface area contributed by atoms with Crippen LogP contribution in [-0.2, 0) is 0 Å². The molecule has 0 saturated heterocycles. The van der Waals surface area contributed by atoms with Gasteiger partial charge in [-0.05, 0) is 6.07 Å². The summed E-state index contributed by atoms with van der Waals surface area (Å²) in [6.07, 6.45) is 9.65. The predicted octanol–water partition coefficient (Wildman–Crippen LogP) is 2.17. The molecular formula is C18H12N10. The molecule has 5 aromatic rings. The summed E-state index contributed by atoms with van der Waals surface area (Å²) >= 11 is 0. The highest BCUT2D eigenvalue weighted by atomic mass is 15.2. The van der Waals surface area contributed by atoms with Gasteiger partial charge >= 0.3 is 0 Å². The van der Waals surface area contributed by atoms with E-state index in [0.29, 0.717) is 23.3 Å². The Balaban J connectivity index is 1.46. The first-order valence-electron chi connectivity index (χ1n) is 8.33. The van der Waals surface area contributed by atoms with Gasteiger partial charge in [0.2, 0.25) is 0 Å². The van der Waals surface area contributed by atoms with Crippen molar-refractivity contribution in [1.29, 1.82) is 0 Å². The zero-order chi connectivity index (χ0) is 18.8. The van der Waals surface area contributed by atoms with Crippen LogP contribution in [0.25, 0.3) is 45.6 Å². The number of hydrogen-bond donors (Lipinski definition) is 2. The molecule has 0 aliphatic rings. The molecule has 0 spiro atoms. The van der Waals surface area contributed by atoms with E-state index in [4.69, 9.17) is 0 Å². The molecule has 2 N–H and O–H groups in total. The van der Waals surface area contributed by atoms with Crippen molar-refractivity contribution in [3.05, 3.63) is 61.7 Å². The molecular weight excluding hydrogens is 356 g/mol. The van der Waals surface area contributed by atoms with Crippen LogP contribution < -0.4 is 0 Å². The molecule has 0 aliphatic carbocycles. The highest BCUT2D eigenvalue weighted by molar-refractivity contribution is 5.68. The smallest absolute Gasteiger partial charge is 0.181 e. The van der Waals surface area contributed by atoms with Gasteiger partial charge in [-0.3, -0.25) is 10.2 Å². The summed E-state index contributed by atoms with van der Waals surface area (Å²) in [4.78, 5) is 25.0.